The number of hydrogen-bond acceptors (Lipinski definition) is 3. The molecule has 0 N–H and O–H groups in total. The summed E-state index contributed by atoms with van der Waals surface area (Å²) in [5.74, 6) is 0.738. The van der Waals surface area contributed by atoms with E-state index < -0.39 is 0 Å². The van der Waals surface area contributed by atoms with Crippen molar-refractivity contribution in [2.45, 2.75) is 0 Å². The van der Waals surface area contributed by atoms with E-state index in [0.717, 1.165) is 16.6 Å². The number of allylic oxidation sites excluding steroid dienone is 3. The van der Waals surface area contributed by atoms with Gasteiger partial charge in [-0.25, -0.2) is 4.99 Å². The van der Waals surface area contributed by atoms with Gasteiger partial charge < -0.3 is 0 Å². The second-order valence-electron chi connectivity index (χ2n) is 2.15. The minimum atomic E-state index is -0.173. The van der Waals surface area contributed by atoms with Gasteiger partial charge in [-0.1, -0.05) is 6.08 Å². The fourth-order valence-electron chi connectivity index (χ4n) is 0.930. The van der Waals surface area contributed by atoms with Crippen LogP contribution in [0.15, 0.2) is 34.4 Å². The summed E-state index contributed by atoms with van der Waals surface area (Å²) in [6.45, 7) is 0. The van der Waals surface area contributed by atoms with Crippen LogP contribution in [0, 0.1) is 0 Å². The van der Waals surface area contributed by atoms with Crippen LogP contribution in [0.3, 0.4) is 0 Å². The molecule has 4 heteroatoms. The zero-order valence-electron chi connectivity index (χ0n) is 5.73. The van der Waals surface area contributed by atoms with Crippen molar-refractivity contribution in [1.29, 1.82) is 0 Å². The van der Waals surface area contributed by atoms with E-state index in [1.54, 1.807) is 6.20 Å². The lowest BCUT2D eigenvalue weighted by atomic mass is 10.3. The van der Waals surface area contributed by atoms with Crippen LogP contribution >= 0.6 is 0 Å². The van der Waals surface area contributed by atoms with Crippen LogP contribution in [0.5, 0.6) is 0 Å². The first kappa shape index (κ1) is 7.06. The van der Waals surface area contributed by atoms with Gasteiger partial charge in [-0.15, -0.1) is 0 Å². The third-order valence-electron chi connectivity index (χ3n) is 1.43. The number of fused-ring (bicyclic) bond motifs is 1. The van der Waals surface area contributed by atoms with E-state index in [-0.39, 0.29) is 9.45 Å². The van der Waals surface area contributed by atoms with E-state index in [9.17, 15) is 0 Å². The minimum absolute atomic E-state index is 0.173. The molecule has 1 atom stereocenters. The first-order valence-electron chi connectivity index (χ1n) is 3.22. The summed E-state index contributed by atoms with van der Waals surface area (Å²) in [7, 11) is -0.173. The summed E-state index contributed by atoms with van der Waals surface area (Å²) in [5, 5.41) is 0.977. The van der Waals surface area contributed by atoms with Crippen molar-refractivity contribution in [2.24, 2.45) is 9.98 Å². The lowest BCUT2D eigenvalue weighted by molar-refractivity contribution is 1.41. The Morgan fingerprint density at radius 1 is 1.45 bits per heavy atom. The number of aliphatic imine (C=N–C) groups is 2. The molecule has 0 aromatic rings. The normalized spacial score (nSPS) is 27.5. The first-order valence-corrected chi connectivity index (χ1v) is 5.54. The molecule has 0 fully saturated rings. The second-order valence-corrected chi connectivity index (χ2v) is 4.70. The average molecular weight is 182 g/mol. The molecule has 2 rings (SSSR count). The van der Waals surface area contributed by atoms with Gasteiger partial charge in [0.25, 0.3) is 0 Å². The van der Waals surface area contributed by atoms with Crippen LogP contribution in [0.2, 0.25) is 0 Å². The number of hydrogen-bond donors (Lipinski definition) is 0. The maximum absolute atomic E-state index is 5.18. The topological polar surface area (TPSA) is 24.7 Å². The third kappa shape index (κ3) is 1.23. The van der Waals surface area contributed by atoms with Crippen molar-refractivity contribution in [3.63, 3.8) is 0 Å². The number of nitrogens with zero attached hydrogens (tertiary/aromatic N) is 2. The molecule has 0 amide bonds. The van der Waals surface area contributed by atoms with Crippen molar-refractivity contribution in [3.8, 4) is 0 Å². The lowest BCUT2D eigenvalue weighted by Crippen LogP contribution is -2.09. The molecule has 0 spiro atoms. The molecule has 0 aromatic carbocycles. The van der Waals surface area contributed by atoms with Crippen molar-refractivity contribution >= 4 is 31.4 Å². The zero-order chi connectivity index (χ0) is 7.68. The standard InChI is InChI=1S/C7H6N2S2/c10-11-5-9-6-3-1-2-4-8-7(6)11/h1-4H,5H2. The highest BCUT2D eigenvalue weighted by molar-refractivity contribution is 8.38. The van der Waals surface area contributed by atoms with Crippen molar-refractivity contribution < 1.29 is 0 Å². The second kappa shape index (κ2) is 2.79. The van der Waals surface area contributed by atoms with Gasteiger partial charge in [-0.3, -0.25) is 4.99 Å². The first-order chi connectivity index (χ1) is 5.38. The summed E-state index contributed by atoms with van der Waals surface area (Å²) in [5.41, 5.74) is 0.966. The van der Waals surface area contributed by atoms with Crippen molar-refractivity contribution in [2.75, 3.05) is 5.88 Å². The maximum atomic E-state index is 5.18. The third-order valence-corrected chi connectivity index (χ3v) is 3.33. The SMILES string of the molecule is S=S1CN=C2C=CC=CN=C21. The van der Waals surface area contributed by atoms with Crippen LogP contribution in [0.4, 0.5) is 0 Å². The predicted octanol–water partition coefficient (Wildman–Crippen LogP) is 0.961. The van der Waals surface area contributed by atoms with E-state index in [2.05, 4.69) is 9.98 Å². The van der Waals surface area contributed by atoms with Gasteiger partial charge in [0.15, 0.2) is 0 Å². The Hall–Kier alpha value is -0.610. The number of rotatable bonds is 0. The van der Waals surface area contributed by atoms with Crippen LogP contribution < -0.4 is 0 Å². The fraction of sp³-hybridized carbons (Fsp3) is 0.143. The van der Waals surface area contributed by atoms with Gasteiger partial charge in [0.2, 0.25) is 0 Å². The van der Waals surface area contributed by atoms with Crippen molar-refractivity contribution in [1.82, 2.24) is 0 Å². The predicted molar refractivity (Wildman–Crippen MR) is 52.7 cm³/mol. The molecule has 0 radical (unpaired) electrons. The van der Waals surface area contributed by atoms with E-state index in [1.807, 2.05) is 18.2 Å². The van der Waals surface area contributed by atoms with Crippen LogP contribution in [0.1, 0.15) is 0 Å². The summed E-state index contributed by atoms with van der Waals surface area (Å²) < 4.78 is 0. The molecule has 0 saturated carbocycles. The quantitative estimate of drug-likeness (QED) is 0.547. The van der Waals surface area contributed by atoms with Gasteiger partial charge in [0.1, 0.15) is 5.04 Å². The smallest absolute Gasteiger partial charge is 0.127 e. The van der Waals surface area contributed by atoms with Crippen LogP contribution in [-0.2, 0) is 20.6 Å². The molecule has 0 aliphatic carbocycles. The molecular formula is C7H6N2S2. The van der Waals surface area contributed by atoms with Crippen LogP contribution in [-0.4, -0.2) is 16.6 Å². The molecule has 11 heavy (non-hydrogen) atoms. The zero-order valence-corrected chi connectivity index (χ0v) is 7.36. The lowest BCUT2D eigenvalue weighted by Gasteiger charge is -1.92. The van der Waals surface area contributed by atoms with E-state index >= 15 is 0 Å². The van der Waals surface area contributed by atoms with E-state index in [4.69, 9.17) is 11.2 Å². The fourth-order valence-corrected chi connectivity index (χ4v) is 2.40. The highest BCUT2D eigenvalue weighted by atomic mass is 32.8. The molecule has 0 aromatic heterocycles. The largest absolute Gasteiger partial charge is 0.271 e. The monoisotopic (exact) mass is 182 g/mol. The molecule has 0 saturated heterocycles. The minimum Gasteiger partial charge on any atom is -0.271 e. The summed E-state index contributed by atoms with van der Waals surface area (Å²) in [4.78, 5) is 8.48. The Morgan fingerprint density at radius 3 is 3.27 bits per heavy atom. The molecule has 2 heterocycles. The average Bonchev–Trinajstić information content (AvgIpc) is 2.25. The molecule has 0 bridgehead atoms. The Morgan fingerprint density at radius 2 is 2.36 bits per heavy atom. The Bertz CT molecular complexity index is 323. The van der Waals surface area contributed by atoms with Gasteiger partial charge in [0, 0.05) is 6.20 Å². The Kier molecular flexibility index (Phi) is 1.79. The Balaban J connectivity index is 2.49. The molecule has 1 unspecified atom stereocenters. The molecule has 2 aliphatic heterocycles. The highest BCUT2D eigenvalue weighted by Crippen LogP contribution is 2.07. The van der Waals surface area contributed by atoms with E-state index in [1.165, 1.54) is 0 Å². The maximum Gasteiger partial charge on any atom is 0.127 e. The molecule has 2 nitrogen and oxygen atoms in total. The van der Waals surface area contributed by atoms with Gasteiger partial charge in [0.05, 0.1) is 11.6 Å². The summed E-state index contributed by atoms with van der Waals surface area (Å²) in [6, 6.07) is 0. The highest BCUT2D eigenvalue weighted by Gasteiger charge is 2.16. The molecular weight excluding hydrogens is 176 g/mol. The Labute approximate surface area is 72.0 Å². The van der Waals surface area contributed by atoms with E-state index in [0.29, 0.717) is 0 Å². The van der Waals surface area contributed by atoms with Gasteiger partial charge in [-0.05, 0) is 32.8 Å². The molecule has 2 aliphatic rings. The summed E-state index contributed by atoms with van der Waals surface area (Å²) in [6.07, 6.45) is 7.56. The van der Waals surface area contributed by atoms with Gasteiger partial charge >= 0.3 is 0 Å². The summed E-state index contributed by atoms with van der Waals surface area (Å²) >= 11 is 5.18. The van der Waals surface area contributed by atoms with Gasteiger partial charge in [-0.2, -0.15) is 0 Å². The molecule has 56 valence electrons. The van der Waals surface area contributed by atoms with Crippen molar-refractivity contribution in [3.05, 3.63) is 24.4 Å². The van der Waals surface area contributed by atoms with Crippen LogP contribution in [0.25, 0.3) is 0 Å².